The number of carbonyl (C=O) groups excluding carboxylic acids is 1. The van der Waals surface area contributed by atoms with Crippen molar-refractivity contribution in [3.63, 3.8) is 0 Å². The van der Waals surface area contributed by atoms with Crippen LogP contribution < -0.4 is 5.32 Å². The van der Waals surface area contributed by atoms with E-state index in [1.165, 1.54) is 43.0 Å². The number of hydrogen-bond donors (Lipinski definition) is 1. The molecule has 0 bridgehead atoms. The summed E-state index contributed by atoms with van der Waals surface area (Å²) in [5, 5.41) is 13.6. The van der Waals surface area contributed by atoms with Crippen LogP contribution >= 0.6 is 11.6 Å². The third kappa shape index (κ3) is 5.42. The highest BCUT2D eigenvalue weighted by Crippen LogP contribution is 2.27. The number of amides is 1. The van der Waals surface area contributed by atoms with Crippen molar-refractivity contribution >= 4 is 28.9 Å². The number of nitrogens with zero attached hydrogens (tertiary/aromatic N) is 2. The van der Waals surface area contributed by atoms with E-state index in [2.05, 4.69) is 23.3 Å². The van der Waals surface area contributed by atoms with E-state index in [4.69, 9.17) is 11.6 Å². The Morgan fingerprint density at radius 2 is 1.87 bits per heavy atom. The monoisotopic (exact) mass is 423 g/mol. The number of nitro groups is 1. The number of halogens is 1. The molecule has 0 aliphatic rings. The lowest BCUT2D eigenvalue weighted by Gasteiger charge is -2.08. The predicted molar refractivity (Wildman–Crippen MR) is 119 cm³/mol. The minimum atomic E-state index is -0.540. The second-order valence-electron chi connectivity index (χ2n) is 6.96. The fraction of sp³-hybridized carbons (Fsp3) is 0.217. The number of non-ortho nitro benzene ring substituents is 1. The first kappa shape index (κ1) is 21.5. The van der Waals surface area contributed by atoms with Crippen LogP contribution in [0.5, 0.6) is 0 Å². The van der Waals surface area contributed by atoms with Crippen LogP contribution in [0.25, 0.3) is 11.3 Å². The van der Waals surface area contributed by atoms with Crippen LogP contribution in [0.2, 0.25) is 5.02 Å². The van der Waals surface area contributed by atoms with Crippen LogP contribution in [0, 0.1) is 10.1 Å². The van der Waals surface area contributed by atoms with Crippen molar-refractivity contribution in [3.05, 3.63) is 87.1 Å². The van der Waals surface area contributed by atoms with Crippen molar-refractivity contribution in [2.75, 3.05) is 5.32 Å². The standard InChI is InChI=1S/C23H22ClN3O3/c1-2-3-4-5-16-6-12-21(25-15-16)17-7-9-18(10-8-17)23(28)26-22-13-11-19(27(29)30)14-20(22)24/h6-15H,2-5H2,1H3,(H,26,28). The van der Waals surface area contributed by atoms with Gasteiger partial charge in [-0.3, -0.25) is 19.9 Å². The van der Waals surface area contributed by atoms with Gasteiger partial charge in [0, 0.05) is 29.5 Å². The van der Waals surface area contributed by atoms with Gasteiger partial charge in [0.1, 0.15) is 0 Å². The van der Waals surface area contributed by atoms with Gasteiger partial charge in [0.05, 0.1) is 21.3 Å². The Morgan fingerprint density at radius 1 is 1.10 bits per heavy atom. The van der Waals surface area contributed by atoms with Gasteiger partial charge in [-0.15, -0.1) is 0 Å². The van der Waals surface area contributed by atoms with E-state index in [9.17, 15) is 14.9 Å². The summed E-state index contributed by atoms with van der Waals surface area (Å²) >= 11 is 6.04. The number of anilines is 1. The van der Waals surface area contributed by atoms with E-state index >= 15 is 0 Å². The van der Waals surface area contributed by atoms with Crippen LogP contribution in [-0.4, -0.2) is 15.8 Å². The van der Waals surface area contributed by atoms with Gasteiger partial charge in [-0.05, 0) is 42.7 Å². The Kier molecular flexibility index (Phi) is 7.14. The van der Waals surface area contributed by atoms with E-state index in [-0.39, 0.29) is 16.6 Å². The largest absolute Gasteiger partial charge is 0.321 e. The van der Waals surface area contributed by atoms with Crippen LogP contribution in [0.15, 0.2) is 60.8 Å². The molecule has 0 aliphatic carbocycles. The maximum absolute atomic E-state index is 12.5. The third-order valence-corrected chi connectivity index (χ3v) is 5.06. The topological polar surface area (TPSA) is 85.1 Å². The summed E-state index contributed by atoms with van der Waals surface area (Å²) in [6.07, 6.45) is 6.52. The van der Waals surface area contributed by atoms with Gasteiger partial charge < -0.3 is 5.32 Å². The summed E-state index contributed by atoms with van der Waals surface area (Å²) in [7, 11) is 0. The second-order valence-corrected chi connectivity index (χ2v) is 7.37. The Morgan fingerprint density at radius 3 is 2.47 bits per heavy atom. The molecule has 0 spiro atoms. The maximum atomic E-state index is 12.5. The summed E-state index contributed by atoms with van der Waals surface area (Å²) < 4.78 is 0. The molecule has 3 rings (SSSR count). The minimum absolute atomic E-state index is 0.109. The molecule has 6 nitrogen and oxygen atoms in total. The highest BCUT2D eigenvalue weighted by Gasteiger charge is 2.13. The summed E-state index contributed by atoms with van der Waals surface area (Å²) in [6, 6.07) is 15.1. The molecule has 0 atom stereocenters. The Hall–Kier alpha value is -3.25. The highest BCUT2D eigenvalue weighted by molar-refractivity contribution is 6.34. The molecular weight excluding hydrogens is 402 g/mol. The van der Waals surface area contributed by atoms with Gasteiger partial charge in [0.2, 0.25) is 0 Å². The van der Waals surface area contributed by atoms with Gasteiger partial charge >= 0.3 is 0 Å². The summed E-state index contributed by atoms with van der Waals surface area (Å²) in [5.74, 6) is -0.350. The molecule has 0 aliphatic heterocycles. The Bertz CT molecular complexity index is 1030. The van der Waals surface area contributed by atoms with Crippen LogP contribution in [0.4, 0.5) is 11.4 Å². The molecule has 0 saturated carbocycles. The minimum Gasteiger partial charge on any atom is -0.321 e. The van der Waals surface area contributed by atoms with Crippen LogP contribution in [0.3, 0.4) is 0 Å². The van der Waals surface area contributed by atoms with E-state index in [0.717, 1.165) is 17.7 Å². The van der Waals surface area contributed by atoms with Gasteiger partial charge in [0.25, 0.3) is 11.6 Å². The van der Waals surface area contributed by atoms with Crippen molar-refractivity contribution in [1.29, 1.82) is 0 Å². The fourth-order valence-electron chi connectivity index (χ4n) is 3.03. The number of carbonyl (C=O) groups is 1. The molecule has 30 heavy (non-hydrogen) atoms. The number of benzene rings is 2. The Balaban J connectivity index is 1.66. The van der Waals surface area contributed by atoms with Gasteiger partial charge in [-0.2, -0.15) is 0 Å². The molecule has 0 fully saturated rings. The van der Waals surface area contributed by atoms with Gasteiger partial charge in [0.15, 0.2) is 0 Å². The smallest absolute Gasteiger partial charge is 0.271 e. The first-order chi connectivity index (χ1) is 14.5. The molecule has 1 aromatic heterocycles. The molecule has 0 unspecified atom stereocenters. The molecule has 0 saturated heterocycles. The first-order valence-electron chi connectivity index (χ1n) is 9.78. The van der Waals surface area contributed by atoms with E-state index < -0.39 is 4.92 Å². The van der Waals surface area contributed by atoms with E-state index in [1.807, 2.05) is 24.4 Å². The first-order valence-corrected chi connectivity index (χ1v) is 10.2. The number of pyridine rings is 1. The predicted octanol–water partition coefficient (Wildman–Crippen LogP) is 6.30. The summed E-state index contributed by atoms with van der Waals surface area (Å²) in [5.41, 5.74) is 3.62. The quantitative estimate of drug-likeness (QED) is 0.262. The zero-order valence-corrected chi connectivity index (χ0v) is 17.4. The van der Waals surface area contributed by atoms with Crippen molar-refractivity contribution in [3.8, 4) is 11.3 Å². The second kappa shape index (κ2) is 9.98. The molecule has 2 aromatic carbocycles. The summed E-state index contributed by atoms with van der Waals surface area (Å²) in [6.45, 7) is 2.19. The van der Waals surface area contributed by atoms with Crippen molar-refractivity contribution in [2.45, 2.75) is 32.6 Å². The molecule has 3 aromatic rings. The zero-order valence-electron chi connectivity index (χ0n) is 16.6. The number of nitrogens with one attached hydrogen (secondary N) is 1. The maximum Gasteiger partial charge on any atom is 0.271 e. The molecule has 154 valence electrons. The average Bonchev–Trinajstić information content (AvgIpc) is 2.76. The van der Waals surface area contributed by atoms with Crippen molar-refractivity contribution in [1.82, 2.24) is 4.98 Å². The van der Waals surface area contributed by atoms with Gasteiger partial charge in [-0.1, -0.05) is 49.6 Å². The Labute approximate surface area is 180 Å². The number of aromatic nitrogens is 1. The summed E-state index contributed by atoms with van der Waals surface area (Å²) in [4.78, 5) is 27.3. The number of hydrogen-bond acceptors (Lipinski definition) is 4. The normalized spacial score (nSPS) is 10.6. The van der Waals surface area contributed by atoms with Crippen LogP contribution in [-0.2, 0) is 6.42 Å². The lowest BCUT2D eigenvalue weighted by molar-refractivity contribution is -0.384. The SMILES string of the molecule is CCCCCc1ccc(-c2ccc(C(=O)Nc3ccc([N+](=O)[O-])cc3Cl)cc2)nc1. The van der Waals surface area contributed by atoms with E-state index in [0.29, 0.717) is 11.3 Å². The molecule has 0 radical (unpaired) electrons. The zero-order chi connectivity index (χ0) is 21.5. The lowest BCUT2D eigenvalue weighted by atomic mass is 10.1. The number of nitro benzene ring substituents is 1. The molecule has 1 heterocycles. The van der Waals surface area contributed by atoms with Crippen LogP contribution in [0.1, 0.15) is 42.1 Å². The fourth-order valence-corrected chi connectivity index (χ4v) is 3.25. The lowest BCUT2D eigenvalue weighted by Crippen LogP contribution is -2.12. The number of aryl methyl sites for hydroxylation is 1. The number of rotatable bonds is 8. The molecule has 1 N–H and O–H groups in total. The number of unbranched alkanes of at least 4 members (excludes halogenated alkanes) is 2. The highest BCUT2D eigenvalue weighted by atomic mass is 35.5. The molecule has 1 amide bonds. The molecule has 7 heteroatoms. The average molecular weight is 424 g/mol. The van der Waals surface area contributed by atoms with Crippen molar-refractivity contribution in [2.24, 2.45) is 0 Å². The third-order valence-electron chi connectivity index (χ3n) is 4.75. The molecular formula is C23H22ClN3O3. The van der Waals surface area contributed by atoms with E-state index in [1.54, 1.807) is 12.1 Å². The van der Waals surface area contributed by atoms with Crippen molar-refractivity contribution < 1.29 is 9.72 Å². The van der Waals surface area contributed by atoms with Gasteiger partial charge in [-0.25, -0.2) is 0 Å².